The van der Waals surface area contributed by atoms with Crippen molar-refractivity contribution in [3.63, 3.8) is 0 Å². The fraction of sp³-hybridized carbons (Fsp3) is 0.105. The molecule has 1 heterocycles. The summed E-state index contributed by atoms with van der Waals surface area (Å²) in [6, 6.07) is 7.52. The van der Waals surface area contributed by atoms with Gasteiger partial charge in [-0.1, -0.05) is 30.0 Å². The largest absolute Gasteiger partial charge is 0.323 e. The molecule has 5 nitrogen and oxygen atoms in total. The number of halogens is 4. The third-order valence-corrected chi connectivity index (χ3v) is 4.69. The van der Waals surface area contributed by atoms with Gasteiger partial charge in [-0.3, -0.25) is 9.89 Å². The lowest BCUT2D eigenvalue weighted by Gasteiger charge is -2.11. The molecule has 3 aromatic rings. The normalized spacial score (nSPS) is 12.3. The lowest BCUT2D eigenvalue weighted by Crippen LogP contribution is -2.23. The summed E-state index contributed by atoms with van der Waals surface area (Å²) in [5, 5.41) is 8.37. The molecule has 0 radical (unpaired) electrons. The van der Waals surface area contributed by atoms with Crippen molar-refractivity contribution in [2.24, 2.45) is 0 Å². The minimum atomic E-state index is -1.66. The molecule has 0 aliphatic heterocycles. The topological polar surface area (TPSA) is 70.7 Å². The van der Waals surface area contributed by atoms with Gasteiger partial charge in [-0.15, -0.1) is 5.10 Å². The van der Waals surface area contributed by atoms with Crippen LogP contribution in [0.5, 0.6) is 0 Å². The van der Waals surface area contributed by atoms with Crippen LogP contribution in [-0.4, -0.2) is 26.3 Å². The molecule has 150 valence electrons. The first-order valence-corrected chi connectivity index (χ1v) is 9.18. The van der Waals surface area contributed by atoms with E-state index in [-0.39, 0.29) is 11.0 Å². The van der Waals surface area contributed by atoms with E-state index in [4.69, 9.17) is 0 Å². The number of carbonyl (C=O) groups excluding carboxylic acids is 1. The molecular formula is C19H14F4N4OS. The molecule has 0 spiro atoms. The van der Waals surface area contributed by atoms with Crippen molar-refractivity contribution in [3.05, 3.63) is 71.1 Å². The first kappa shape index (κ1) is 20.6. The third kappa shape index (κ3) is 5.23. The Morgan fingerprint density at radius 3 is 2.52 bits per heavy atom. The first-order valence-electron chi connectivity index (χ1n) is 8.30. The molecule has 2 aromatic carbocycles. The Labute approximate surface area is 167 Å². The Hall–Kier alpha value is -3.14. The quantitative estimate of drug-likeness (QED) is 0.345. The number of H-pyrrole nitrogens is 1. The van der Waals surface area contributed by atoms with Crippen molar-refractivity contribution in [3.8, 4) is 0 Å². The Kier molecular flexibility index (Phi) is 6.32. The first-order chi connectivity index (χ1) is 13.8. The zero-order valence-corrected chi connectivity index (χ0v) is 15.7. The van der Waals surface area contributed by atoms with Gasteiger partial charge in [0.05, 0.1) is 10.9 Å². The number of aromatic amines is 1. The lowest BCUT2D eigenvalue weighted by atomic mass is 10.2. The number of rotatable bonds is 6. The number of benzene rings is 2. The zero-order chi connectivity index (χ0) is 21.0. The van der Waals surface area contributed by atoms with Crippen molar-refractivity contribution >= 4 is 35.5 Å². The molecule has 1 atom stereocenters. The van der Waals surface area contributed by atoms with Gasteiger partial charge in [0.2, 0.25) is 11.1 Å². The van der Waals surface area contributed by atoms with E-state index in [1.165, 1.54) is 19.1 Å². The molecule has 10 heteroatoms. The molecule has 0 fully saturated rings. The molecule has 2 N–H and O–H groups in total. The Morgan fingerprint density at radius 1 is 1.07 bits per heavy atom. The van der Waals surface area contributed by atoms with Gasteiger partial charge in [0.25, 0.3) is 0 Å². The van der Waals surface area contributed by atoms with Gasteiger partial charge in [-0.05, 0) is 42.8 Å². The summed E-state index contributed by atoms with van der Waals surface area (Å²) in [7, 11) is 0. The number of anilines is 1. The molecular weight excluding hydrogens is 408 g/mol. The highest BCUT2D eigenvalue weighted by Crippen LogP contribution is 2.23. The number of hydrogen-bond donors (Lipinski definition) is 2. The van der Waals surface area contributed by atoms with Crippen LogP contribution in [0.3, 0.4) is 0 Å². The van der Waals surface area contributed by atoms with Crippen LogP contribution < -0.4 is 5.32 Å². The van der Waals surface area contributed by atoms with Crippen LogP contribution in [0.4, 0.5) is 23.2 Å². The van der Waals surface area contributed by atoms with Crippen molar-refractivity contribution in [1.29, 1.82) is 0 Å². The second-order valence-corrected chi connectivity index (χ2v) is 7.17. The maximum absolute atomic E-state index is 13.7. The molecule has 3 rings (SSSR count). The summed E-state index contributed by atoms with van der Waals surface area (Å²) in [6.07, 6.45) is 3.34. The van der Waals surface area contributed by atoms with Gasteiger partial charge >= 0.3 is 0 Å². The summed E-state index contributed by atoms with van der Waals surface area (Å²) < 4.78 is 52.8. The fourth-order valence-corrected chi connectivity index (χ4v) is 2.93. The monoisotopic (exact) mass is 422 g/mol. The van der Waals surface area contributed by atoms with Crippen LogP contribution in [0.1, 0.15) is 18.3 Å². The van der Waals surface area contributed by atoms with E-state index in [2.05, 4.69) is 20.5 Å². The summed E-state index contributed by atoms with van der Waals surface area (Å²) in [6.45, 7) is 1.53. The maximum atomic E-state index is 13.7. The van der Waals surface area contributed by atoms with Gasteiger partial charge in [0, 0.05) is 0 Å². The van der Waals surface area contributed by atoms with E-state index >= 15 is 0 Å². The van der Waals surface area contributed by atoms with Crippen LogP contribution in [0, 0.1) is 23.3 Å². The van der Waals surface area contributed by atoms with E-state index in [1.54, 1.807) is 24.3 Å². The standard InChI is InChI=1S/C19H14F4N4OS/c1-10(18(28)24-14-8-7-13(21)16(22)17(14)23)29-19-25-15(26-27-19)9-4-11-2-5-12(20)6-3-11/h2-10H,1H3,(H,24,28)(H,25,26,27)/b9-4-/t10-/m0/s1. The highest BCUT2D eigenvalue weighted by Gasteiger charge is 2.20. The zero-order valence-electron chi connectivity index (χ0n) is 14.9. The van der Waals surface area contributed by atoms with Crippen molar-refractivity contribution in [2.45, 2.75) is 17.3 Å². The average molecular weight is 422 g/mol. The third-order valence-electron chi connectivity index (χ3n) is 3.73. The van der Waals surface area contributed by atoms with Crippen LogP contribution in [-0.2, 0) is 4.79 Å². The predicted octanol–water partition coefficient (Wildman–Crippen LogP) is 4.65. The van der Waals surface area contributed by atoms with E-state index in [1.807, 2.05) is 0 Å². The second-order valence-electron chi connectivity index (χ2n) is 5.86. The highest BCUT2D eigenvalue weighted by molar-refractivity contribution is 8.00. The van der Waals surface area contributed by atoms with Crippen LogP contribution in [0.15, 0.2) is 41.6 Å². The van der Waals surface area contributed by atoms with Gasteiger partial charge in [-0.2, -0.15) is 0 Å². The minimum absolute atomic E-state index is 0.261. The lowest BCUT2D eigenvalue weighted by molar-refractivity contribution is -0.115. The van der Waals surface area contributed by atoms with Crippen LogP contribution >= 0.6 is 11.8 Å². The second kappa shape index (κ2) is 8.91. The molecule has 0 aliphatic carbocycles. The van der Waals surface area contributed by atoms with Crippen molar-refractivity contribution in [1.82, 2.24) is 15.2 Å². The smallest absolute Gasteiger partial charge is 0.237 e. The number of hydrogen-bond acceptors (Lipinski definition) is 4. The number of aromatic nitrogens is 3. The predicted molar refractivity (Wildman–Crippen MR) is 102 cm³/mol. The minimum Gasteiger partial charge on any atom is -0.323 e. The van der Waals surface area contributed by atoms with Crippen molar-refractivity contribution in [2.75, 3.05) is 5.32 Å². The Bertz CT molecular complexity index is 1050. The van der Waals surface area contributed by atoms with Gasteiger partial charge in [-0.25, -0.2) is 22.5 Å². The highest BCUT2D eigenvalue weighted by atomic mass is 32.2. The molecule has 0 bridgehead atoms. The summed E-state index contributed by atoms with van der Waals surface area (Å²) in [5.74, 6) is -5.03. The van der Waals surface area contributed by atoms with Crippen LogP contribution in [0.2, 0.25) is 0 Å². The maximum Gasteiger partial charge on any atom is 0.237 e. The number of thioether (sulfide) groups is 1. The number of nitrogens with one attached hydrogen (secondary N) is 2. The molecule has 1 aromatic heterocycles. The number of carbonyl (C=O) groups is 1. The molecule has 0 aliphatic rings. The van der Waals surface area contributed by atoms with E-state index < -0.39 is 34.3 Å². The summed E-state index contributed by atoms with van der Waals surface area (Å²) >= 11 is 0.989. The molecule has 29 heavy (non-hydrogen) atoms. The summed E-state index contributed by atoms with van der Waals surface area (Å²) in [4.78, 5) is 16.4. The van der Waals surface area contributed by atoms with Crippen LogP contribution in [0.25, 0.3) is 12.2 Å². The molecule has 0 saturated carbocycles. The SMILES string of the molecule is C[C@H](Sc1n[nH]c(/C=C\c2ccc(F)cc2)n1)C(=O)Nc1ccc(F)c(F)c1F. The average Bonchev–Trinajstić information content (AvgIpc) is 3.15. The fourth-order valence-electron chi connectivity index (χ4n) is 2.20. The molecule has 0 saturated heterocycles. The van der Waals surface area contributed by atoms with Gasteiger partial charge in [0.1, 0.15) is 11.6 Å². The Balaban J connectivity index is 1.61. The van der Waals surface area contributed by atoms with Gasteiger partial charge in [0.15, 0.2) is 17.5 Å². The summed E-state index contributed by atoms with van der Waals surface area (Å²) in [5.41, 5.74) is 0.303. The number of amides is 1. The molecule has 1 amide bonds. The van der Waals surface area contributed by atoms with E-state index in [9.17, 15) is 22.4 Å². The van der Waals surface area contributed by atoms with E-state index in [0.29, 0.717) is 5.82 Å². The molecule has 0 unspecified atom stereocenters. The number of nitrogens with zero attached hydrogens (tertiary/aromatic N) is 2. The van der Waals surface area contributed by atoms with Crippen molar-refractivity contribution < 1.29 is 22.4 Å². The van der Waals surface area contributed by atoms with Gasteiger partial charge < -0.3 is 5.32 Å². The Morgan fingerprint density at radius 2 is 1.79 bits per heavy atom. The van der Waals surface area contributed by atoms with E-state index in [0.717, 1.165) is 29.5 Å².